The molecule has 7 nitrogen and oxygen atoms in total. The Hall–Kier alpha value is -2.44. The molecule has 1 saturated carbocycles. The van der Waals surface area contributed by atoms with Crippen molar-refractivity contribution in [3.63, 3.8) is 0 Å². The van der Waals surface area contributed by atoms with Crippen LogP contribution in [0.4, 0.5) is 0 Å². The molecule has 0 aliphatic heterocycles. The minimum absolute atomic E-state index is 0.0512. The Kier molecular flexibility index (Phi) is 3.12. The number of fused-ring (bicyclic) bond motifs is 1. The van der Waals surface area contributed by atoms with Gasteiger partial charge in [0.05, 0.1) is 18.2 Å². The molecule has 1 fully saturated rings. The van der Waals surface area contributed by atoms with Gasteiger partial charge in [0.2, 0.25) is 0 Å². The van der Waals surface area contributed by atoms with Crippen LogP contribution >= 0.6 is 0 Å². The number of hydrogen-bond donors (Lipinski definition) is 2. The summed E-state index contributed by atoms with van der Waals surface area (Å²) in [5, 5.41) is 15.9. The summed E-state index contributed by atoms with van der Waals surface area (Å²) in [5.74, 6) is -1.21. The molecule has 0 spiro atoms. The van der Waals surface area contributed by atoms with Crippen molar-refractivity contribution in [3.8, 4) is 0 Å². The summed E-state index contributed by atoms with van der Waals surface area (Å²) in [5.41, 5.74) is 1.02. The van der Waals surface area contributed by atoms with E-state index in [-0.39, 0.29) is 12.3 Å². The smallest absolute Gasteiger partial charge is 0.305 e. The van der Waals surface area contributed by atoms with Crippen molar-refractivity contribution in [1.82, 2.24) is 19.9 Å². The number of carboxylic acids is 1. The molecule has 0 radical (unpaired) electrons. The standard InChI is InChI=1S/C14H16N4O3/c1-9-3-6-18-12(16-9)10(8-15-18)13(21)17-14(4-2-5-14)7-11(19)20/h3,6,8H,2,4-5,7H2,1H3,(H,17,21)(H,19,20). The van der Waals surface area contributed by atoms with E-state index in [1.165, 1.54) is 10.7 Å². The number of nitrogens with one attached hydrogen (secondary N) is 1. The van der Waals surface area contributed by atoms with Crippen LogP contribution in [0.25, 0.3) is 5.65 Å². The van der Waals surface area contributed by atoms with Crippen LogP contribution in [0.5, 0.6) is 0 Å². The van der Waals surface area contributed by atoms with Gasteiger partial charge in [-0.15, -0.1) is 0 Å². The van der Waals surface area contributed by atoms with E-state index >= 15 is 0 Å². The Balaban J connectivity index is 1.87. The Labute approximate surface area is 121 Å². The third kappa shape index (κ3) is 2.46. The maximum atomic E-state index is 12.4. The van der Waals surface area contributed by atoms with E-state index in [0.29, 0.717) is 24.1 Å². The van der Waals surface area contributed by atoms with Crippen LogP contribution in [0.3, 0.4) is 0 Å². The van der Waals surface area contributed by atoms with Gasteiger partial charge in [0.1, 0.15) is 5.56 Å². The second kappa shape index (κ2) is 4.83. The number of hydrogen-bond acceptors (Lipinski definition) is 4. The average Bonchev–Trinajstić information content (AvgIpc) is 2.78. The highest BCUT2D eigenvalue weighted by molar-refractivity contribution is 6.00. The third-order valence-corrected chi connectivity index (χ3v) is 3.93. The van der Waals surface area contributed by atoms with Gasteiger partial charge in [-0.2, -0.15) is 5.10 Å². The lowest BCUT2D eigenvalue weighted by atomic mass is 9.74. The van der Waals surface area contributed by atoms with Crippen molar-refractivity contribution < 1.29 is 14.7 Å². The second-order valence-electron chi connectivity index (χ2n) is 5.55. The topological polar surface area (TPSA) is 96.6 Å². The number of carbonyl (C=O) groups excluding carboxylic acids is 1. The number of amides is 1. The van der Waals surface area contributed by atoms with Crippen molar-refractivity contribution in [1.29, 1.82) is 0 Å². The van der Waals surface area contributed by atoms with Crippen molar-refractivity contribution in [2.45, 2.75) is 38.1 Å². The van der Waals surface area contributed by atoms with Gasteiger partial charge >= 0.3 is 5.97 Å². The Morgan fingerprint density at radius 2 is 2.24 bits per heavy atom. The zero-order chi connectivity index (χ0) is 15.0. The predicted molar refractivity (Wildman–Crippen MR) is 74.0 cm³/mol. The minimum Gasteiger partial charge on any atom is -0.481 e. The van der Waals surface area contributed by atoms with Crippen LogP contribution in [-0.4, -0.2) is 37.1 Å². The number of carboxylic acid groups (broad SMARTS) is 1. The monoisotopic (exact) mass is 288 g/mol. The number of aliphatic carboxylic acids is 1. The van der Waals surface area contributed by atoms with Gasteiger partial charge in [0.15, 0.2) is 5.65 Å². The van der Waals surface area contributed by atoms with Gasteiger partial charge in [0.25, 0.3) is 5.91 Å². The highest BCUT2D eigenvalue weighted by atomic mass is 16.4. The number of carbonyl (C=O) groups is 2. The average molecular weight is 288 g/mol. The third-order valence-electron chi connectivity index (χ3n) is 3.93. The molecule has 0 atom stereocenters. The summed E-state index contributed by atoms with van der Waals surface area (Å²) < 4.78 is 1.53. The lowest BCUT2D eigenvalue weighted by Gasteiger charge is -2.41. The van der Waals surface area contributed by atoms with Crippen molar-refractivity contribution in [2.75, 3.05) is 0 Å². The van der Waals surface area contributed by atoms with Crippen molar-refractivity contribution in [3.05, 3.63) is 29.7 Å². The molecule has 2 aromatic heterocycles. The molecule has 110 valence electrons. The van der Waals surface area contributed by atoms with Crippen molar-refractivity contribution in [2.24, 2.45) is 0 Å². The first-order chi connectivity index (χ1) is 9.99. The largest absolute Gasteiger partial charge is 0.481 e. The molecule has 1 aliphatic rings. The van der Waals surface area contributed by atoms with E-state index in [1.54, 1.807) is 12.3 Å². The van der Waals surface area contributed by atoms with Gasteiger partial charge in [0, 0.05) is 11.9 Å². The van der Waals surface area contributed by atoms with Crippen molar-refractivity contribution >= 4 is 17.5 Å². The molecule has 1 amide bonds. The van der Waals surface area contributed by atoms with Gasteiger partial charge in [-0.05, 0) is 32.3 Å². The zero-order valence-electron chi connectivity index (χ0n) is 11.7. The van der Waals surface area contributed by atoms with E-state index < -0.39 is 11.5 Å². The Morgan fingerprint density at radius 1 is 1.48 bits per heavy atom. The molecular weight excluding hydrogens is 272 g/mol. The molecule has 1 aliphatic carbocycles. The van der Waals surface area contributed by atoms with Crippen LogP contribution < -0.4 is 5.32 Å². The van der Waals surface area contributed by atoms with Gasteiger partial charge in [-0.3, -0.25) is 9.59 Å². The molecule has 3 rings (SSSR count). The number of aromatic nitrogens is 3. The van der Waals surface area contributed by atoms with E-state index in [0.717, 1.165) is 12.1 Å². The zero-order valence-corrected chi connectivity index (χ0v) is 11.7. The Morgan fingerprint density at radius 3 is 2.86 bits per heavy atom. The van der Waals surface area contributed by atoms with Gasteiger partial charge < -0.3 is 10.4 Å². The highest BCUT2D eigenvalue weighted by Gasteiger charge is 2.40. The SMILES string of the molecule is Cc1ccn2ncc(C(=O)NC3(CC(=O)O)CCC3)c2n1. The van der Waals surface area contributed by atoms with E-state index in [1.807, 2.05) is 6.92 Å². The van der Waals surface area contributed by atoms with Crippen LogP contribution in [0, 0.1) is 6.92 Å². The minimum atomic E-state index is -0.899. The fraction of sp³-hybridized carbons (Fsp3) is 0.429. The molecule has 21 heavy (non-hydrogen) atoms. The first-order valence-corrected chi connectivity index (χ1v) is 6.84. The first kappa shape index (κ1) is 13.5. The summed E-state index contributed by atoms with van der Waals surface area (Å²) in [6.45, 7) is 1.84. The molecule has 2 heterocycles. The predicted octanol–water partition coefficient (Wildman–Crippen LogP) is 1.16. The fourth-order valence-corrected chi connectivity index (χ4v) is 2.67. The van der Waals surface area contributed by atoms with Gasteiger partial charge in [-0.1, -0.05) is 0 Å². The maximum absolute atomic E-state index is 12.4. The molecule has 0 unspecified atom stereocenters. The van der Waals surface area contributed by atoms with E-state index in [2.05, 4.69) is 15.4 Å². The van der Waals surface area contributed by atoms with Crippen LogP contribution in [0.15, 0.2) is 18.5 Å². The summed E-state index contributed by atoms with van der Waals surface area (Å²) in [6.07, 6.45) is 5.46. The van der Waals surface area contributed by atoms with Crippen LogP contribution in [0.2, 0.25) is 0 Å². The molecule has 0 bridgehead atoms. The summed E-state index contributed by atoms with van der Waals surface area (Å²) in [4.78, 5) is 27.7. The quantitative estimate of drug-likeness (QED) is 0.880. The lowest BCUT2D eigenvalue weighted by molar-refractivity contribution is -0.139. The maximum Gasteiger partial charge on any atom is 0.305 e. The molecule has 0 saturated heterocycles. The molecular formula is C14H16N4O3. The molecule has 2 N–H and O–H groups in total. The number of nitrogens with zero attached hydrogens (tertiary/aromatic N) is 3. The van der Waals surface area contributed by atoms with E-state index in [4.69, 9.17) is 5.11 Å². The number of rotatable bonds is 4. The summed E-state index contributed by atoms with van der Waals surface area (Å²) in [7, 11) is 0. The lowest BCUT2D eigenvalue weighted by Crippen LogP contribution is -2.54. The summed E-state index contributed by atoms with van der Waals surface area (Å²) >= 11 is 0. The molecule has 0 aromatic carbocycles. The normalized spacial score (nSPS) is 16.4. The molecule has 7 heteroatoms. The molecule has 2 aromatic rings. The van der Waals surface area contributed by atoms with Gasteiger partial charge in [-0.25, -0.2) is 9.50 Å². The first-order valence-electron chi connectivity index (χ1n) is 6.84. The number of aryl methyl sites for hydroxylation is 1. The summed E-state index contributed by atoms with van der Waals surface area (Å²) in [6, 6.07) is 1.81. The highest BCUT2D eigenvalue weighted by Crippen LogP contribution is 2.35. The fourth-order valence-electron chi connectivity index (χ4n) is 2.67. The van der Waals surface area contributed by atoms with Crippen LogP contribution in [-0.2, 0) is 4.79 Å². The van der Waals surface area contributed by atoms with E-state index in [9.17, 15) is 9.59 Å². The second-order valence-corrected chi connectivity index (χ2v) is 5.55. The van der Waals surface area contributed by atoms with Crippen LogP contribution in [0.1, 0.15) is 41.7 Å². The Bertz CT molecular complexity index is 718.